The number of ether oxygens (including phenoxy) is 2. The van der Waals surface area contributed by atoms with Crippen molar-refractivity contribution in [3.8, 4) is 0 Å². The summed E-state index contributed by atoms with van der Waals surface area (Å²) < 4.78 is 43.1. The van der Waals surface area contributed by atoms with Crippen molar-refractivity contribution in [2.75, 3.05) is 26.2 Å². The van der Waals surface area contributed by atoms with Crippen LogP contribution in [0.15, 0.2) is 42.7 Å². The average Bonchev–Trinajstić information content (AvgIpc) is 3.58. The molecule has 1 aromatic heterocycles. The number of carboxylic acids is 1. The van der Waals surface area contributed by atoms with Crippen molar-refractivity contribution >= 4 is 17.8 Å². The molecule has 9 nitrogen and oxygen atoms in total. The van der Waals surface area contributed by atoms with E-state index in [2.05, 4.69) is 10.3 Å². The first-order valence-electron chi connectivity index (χ1n) is 11.2. The summed E-state index contributed by atoms with van der Waals surface area (Å²) in [6.07, 6.45) is -1.84. The number of rotatable bonds is 4. The molecule has 3 atom stereocenters. The Hall–Kier alpha value is -3.51. The number of fused-ring (bicyclic) bond motifs is 2. The van der Waals surface area contributed by atoms with E-state index in [9.17, 15) is 22.8 Å². The van der Waals surface area contributed by atoms with Gasteiger partial charge in [0.15, 0.2) is 0 Å². The molecule has 5 rings (SSSR count). The quantitative estimate of drug-likeness (QED) is 0.652. The highest BCUT2D eigenvalue weighted by molar-refractivity contribution is 5.95. The molecule has 2 N–H and O–H groups in total. The van der Waals surface area contributed by atoms with Crippen LogP contribution in [0.3, 0.4) is 0 Å². The standard InChI is InChI=1S/C22H23N3O4.C2HF3O2/c26-21(15-2-1-5-23-7-15)24-8-18-13-29-20-10-25(9-19(18)20)22(27)14-3-4-16-11-28-12-17(16)6-14;3-2(4,5)1(6)7/h1-7,18-20H,8-13H2,(H,24,26);(H,6,7)/t18-,19+,20+;/m0./s1. The molecule has 12 heteroatoms. The first-order valence-corrected chi connectivity index (χ1v) is 11.2. The van der Waals surface area contributed by atoms with E-state index >= 15 is 0 Å². The van der Waals surface area contributed by atoms with Crippen LogP contribution in [0.1, 0.15) is 31.8 Å². The number of carboxylic acid groups (broad SMARTS) is 1. The predicted molar refractivity (Wildman–Crippen MR) is 118 cm³/mol. The Labute approximate surface area is 204 Å². The normalized spacial score (nSPS) is 22.3. The van der Waals surface area contributed by atoms with Crippen LogP contribution < -0.4 is 5.32 Å². The summed E-state index contributed by atoms with van der Waals surface area (Å²) in [6.45, 7) is 3.60. The Kier molecular flexibility index (Phi) is 7.55. The largest absolute Gasteiger partial charge is 0.490 e. The molecular weight excluding hydrogens is 483 g/mol. The van der Waals surface area contributed by atoms with Gasteiger partial charge in [0.05, 0.1) is 31.5 Å². The summed E-state index contributed by atoms with van der Waals surface area (Å²) in [5, 5.41) is 10.1. The minimum Gasteiger partial charge on any atom is -0.475 e. The van der Waals surface area contributed by atoms with E-state index in [1.165, 1.54) is 0 Å². The van der Waals surface area contributed by atoms with Crippen LogP contribution >= 0.6 is 0 Å². The summed E-state index contributed by atoms with van der Waals surface area (Å²) >= 11 is 0. The van der Waals surface area contributed by atoms with E-state index in [4.69, 9.17) is 19.4 Å². The van der Waals surface area contributed by atoms with Gasteiger partial charge in [-0.2, -0.15) is 13.2 Å². The van der Waals surface area contributed by atoms with E-state index in [-0.39, 0.29) is 29.8 Å². The van der Waals surface area contributed by atoms with Gasteiger partial charge in [-0.1, -0.05) is 6.07 Å². The fraction of sp³-hybridized carbons (Fsp3) is 0.417. The molecule has 0 spiro atoms. The van der Waals surface area contributed by atoms with Gasteiger partial charge in [0.2, 0.25) is 0 Å². The minimum absolute atomic E-state index is 0.0378. The monoisotopic (exact) mass is 507 g/mol. The number of alkyl halides is 3. The number of pyridine rings is 1. The third-order valence-corrected chi connectivity index (χ3v) is 6.39. The highest BCUT2D eigenvalue weighted by Crippen LogP contribution is 2.34. The van der Waals surface area contributed by atoms with Crippen LogP contribution in [0.5, 0.6) is 0 Å². The molecule has 3 aliphatic heterocycles. The first kappa shape index (κ1) is 25.6. The number of aliphatic carboxylic acids is 1. The number of hydrogen-bond acceptors (Lipinski definition) is 6. The van der Waals surface area contributed by atoms with E-state index < -0.39 is 12.1 Å². The lowest BCUT2D eigenvalue weighted by Gasteiger charge is -2.20. The summed E-state index contributed by atoms with van der Waals surface area (Å²) in [4.78, 5) is 40.0. The number of amides is 2. The molecule has 4 heterocycles. The predicted octanol–water partition coefficient (Wildman–Crippen LogP) is 2.26. The Balaban J connectivity index is 0.000000384. The minimum atomic E-state index is -5.08. The molecule has 0 saturated carbocycles. The van der Waals surface area contributed by atoms with Crippen molar-refractivity contribution in [3.05, 3.63) is 65.0 Å². The molecule has 36 heavy (non-hydrogen) atoms. The van der Waals surface area contributed by atoms with Gasteiger partial charge in [-0.15, -0.1) is 0 Å². The lowest BCUT2D eigenvalue weighted by atomic mass is 9.93. The highest BCUT2D eigenvalue weighted by Gasteiger charge is 2.45. The van der Waals surface area contributed by atoms with Crippen LogP contribution in [-0.2, 0) is 27.5 Å². The Bertz CT molecular complexity index is 1130. The van der Waals surface area contributed by atoms with Gasteiger partial charge in [-0.3, -0.25) is 14.6 Å². The maximum atomic E-state index is 13.0. The number of nitrogens with one attached hydrogen (secondary N) is 1. The molecule has 0 unspecified atom stereocenters. The van der Waals surface area contributed by atoms with E-state index in [1.54, 1.807) is 24.5 Å². The number of benzene rings is 1. The maximum absolute atomic E-state index is 13.0. The summed E-state index contributed by atoms with van der Waals surface area (Å²) in [7, 11) is 0. The molecule has 2 aromatic rings. The van der Waals surface area contributed by atoms with E-state index in [0.717, 1.165) is 11.1 Å². The van der Waals surface area contributed by atoms with E-state index in [1.807, 2.05) is 23.1 Å². The zero-order chi connectivity index (χ0) is 25.9. The number of carbonyl (C=O) groups is 3. The molecule has 0 radical (unpaired) electrons. The second-order valence-corrected chi connectivity index (χ2v) is 8.74. The molecule has 0 bridgehead atoms. The topological polar surface area (TPSA) is 118 Å². The summed E-state index contributed by atoms with van der Waals surface area (Å²) in [5.41, 5.74) is 3.51. The third-order valence-electron chi connectivity index (χ3n) is 6.39. The lowest BCUT2D eigenvalue weighted by molar-refractivity contribution is -0.192. The van der Waals surface area contributed by atoms with Gasteiger partial charge >= 0.3 is 12.1 Å². The molecule has 3 aliphatic rings. The van der Waals surface area contributed by atoms with Gasteiger partial charge in [-0.05, 0) is 35.4 Å². The van der Waals surface area contributed by atoms with Gasteiger partial charge in [0, 0.05) is 49.4 Å². The second kappa shape index (κ2) is 10.6. The highest BCUT2D eigenvalue weighted by atomic mass is 19.4. The lowest BCUT2D eigenvalue weighted by Crippen LogP contribution is -2.35. The Morgan fingerprint density at radius 2 is 1.86 bits per heavy atom. The number of halogens is 3. The van der Waals surface area contributed by atoms with Gasteiger partial charge in [0.25, 0.3) is 11.8 Å². The molecule has 1 aromatic carbocycles. The fourth-order valence-electron chi connectivity index (χ4n) is 4.49. The van der Waals surface area contributed by atoms with Crippen LogP contribution in [0.25, 0.3) is 0 Å². The Morgan fingerprint density at radius 3 is 2.56 bits per heavy atom. The smallest absolute Gasteiger partial charge is 0.475 e. The molecular formula is C24H24F3N3O6. The maximum Gasteiger partial charge on any atom is 0.490 e. The van der Waals surface area contributed by atoms with E-state index in [0.29, 0.717) is 50.6 Å². The number of aromatic nitrogens is 1. The van der Waals surface area contributed by atoms with Crippen molar-refractivity contribution in [2.45, 2.75) is 25.5 Å². The van der Waals surface area contributed by atoms with Gasteiger partial charge in [-0.25, -0.2) is 4.79 Å². The summed E-state index contributed by atoms with van der Waals surface area (Å²) in [6, 6.07) is 9.31. The van der Waals surface area contributed by atoms with Crippen LogP contribution in [0, 0.1) is 11.8 Å². The van der Waals surface area contributed by atoms with Gasteiger partial charge < -0.3 is 24.8 Å². The van der Waals surface area contributed by atoms with Crippen LogP contribution in [0.4, 0.5) is 13.2 Å². The fourth-order valence-corrected chi connectivity index (χ4v) is 4.49. The third kappa shape index (κ3) is 5.82. The van der Waals surface area contributed by atoms with Crippen LogP contribution in [-0.4, -0.2) is 71.3 Å². The van der Waals surface area contributed by atoms with Crippen molar-refractivity contribution in [3.63, 3.8) is 0 Å². The zero-order valence-corrected chi connectivity index (χ0v) is 19.0. The van der Waals surface area contributed by atoms with Gasteiger partial charge in [0.1, 0.15) is 0 Å². The summed E-state index contributed by atoms with van der Waals surface area (Å²) in [5.74, 6) is -2.41. The first-order chi connectivity index (χ1) is 17.1. The number of carbonyl (C=O) groups excluding carboxylic acids is 2. The SMILES string of the molecule is O=C(NC[C@H]1CO[C@@H]2CN(C(=O)c3ccc4c(c3)COC4)C[C@H]12)c1cccnc1.O=C(O)C(F)(F)F. The average molecular weight is 507 g/mol. The number of likely N-dealkylation sites (tertiary alicyclic amines) is 1. The molecule has 192 valence electrons. The Morgan fingerprint density at radius 1 is 1.11 bits per heavy atom. The van der Waals surface area contributed by atoms with Crippen molar-refractivity contribution in [1.82, 2.24) is 15.2 Å². The molecule has 2 fully saturated rings. The zero-order valence-electron chi connectivity index (χ0n) is 19.0. The number of hydrogen-bond donors (Lipinski definition) is 2. The molecule has 2 amide bonds. The molecule has 2 saturated heterocycles. The second-order valence-electron chi connectivity index (χ2n) is 8.74. The number of nitrogens with zero attached hydrogens (tertiary/aromatic N) is 2. The van der Waals surface area contributed by atoms with Crippen molar-refractivity contribution in [2.24, 2.45) is 11.8 Å². The van der Waals surface area contributed by atoms with Crippen LogP contribution in [0.2, 0.25) is 0 Å². The molecule has 0 aliphatic carbocycles. The van der Waals surface area contributed by atoms with Crippen molar-refractivity contribution < 1.29 is 42.1 Å². The van der Waals surface area contributed by atoms with Crippen molar-refractivity contribution in [1.29, 1.82) is 0 Å².